The third-order valence-electron chi connectivity index (χ3n) is 4.80. The summed E-state index contributed by atoms with van der Waals surface area (Å²) in [6.45, 7) is 8.64. The van der Waals surface area contributed by atoms with E-state index in [9.17, 15) is 4.79 Å². The van der Waals surface area contributed by atoms with Crippen molar-refractivity contribution in [2.24, 2.45) is 0 Å². The molecule has 0 aliphatic carbocycles. The first-order valence-electron chi connectivity index (χ1n) is 9.26. The Balaban J connectivity index is 1.56. The highest BCUT2D eigenvalue weighted by molar-refractivity contribution is 5.78. The molecule has 1 aromatic carbocycles. The number of hydrogen-bond donors (Lipinski definition) is 1. The van der Waals surface area contributed by atoms with Gasteiger partial charge in [-0.3, -0.25) is 9.69 Å². The van der Waals surface area contributed by atoms with E-state index in [4.69, 9.17) is 14.2 Å². The fourth-order valence-corrected chi connectivity index (χ4v) is 3.39. The predicted octanol–water partition coefficient (Wildman–Crippen LogP) is 0.727. The number of carbonyl (C=O) groups is 1. The highest BCUT2D eigenvalue weighted by Gasteiger charge is 2.19. The number of rotatable bonds is 6. The summed E-state index contributed by atoms with van der Waals surface area (Å²) >= 11 is 0. The van der Waals surface area contributed by atoms with E-state index >= 15 is 0 Å². The predicted molar refractivity (Wildman–Crippen MR) is 98.6 cm³/mol. The standard InChI is InChI=1S/C19H29N3O4/c1-15-12-21(6-5-20-15)13-16-3-4-17(18(11-16)24-2)26-14-19(23)22-7-9-25-10-8-22/h3-4,11,15,20H,5-10,12-14H2,1-2H3. The molecule has 7 heteroatoms. The molecule has 0 spiro atoms. The molecule has 3 rings (SSSR count). The van der Waals surface area contributed by atoms with Crippen LogP contribution in [0.25, 0.3) is 0 Å². The van der Waals surface area contributed by atoms with E-state index in [2.05, 4.69) is 17.1 Å². The first kappa shape index (κ1) is 18.9. The van der Waals surface area contributed by atoms with Crippen molar-refractivity contribution >= 4 is 5.91 Å². The normalized spacial score (nSPS) is 21.5. The van der Waals surface area contributed by atoms with Crippen molar-refractivity contribution in [1.29, 1.82) is 0 Å². The lowest BCUT2D eigenvalue weighted by Crippen LogP contribution is -2.48. The van der Waals surface area contributed by atoms with Crippen molar-refractivity contribution < 1.29 is 19.0 Å². The van der Waals surface area contributed by atoms with Gasteiger partial charge in [-0.2, -0.15) is 0 Å². The molecule has 0 radical (unpaired) electrons. The van der Waals surface area contributed by atoms with Crippen LogP contribution >= 0.6 is 0 Å². The Morgan fingerprint density at radius 1 is 1.27 bits per heavy atom. The van der Waals surface area contributed by atoms with Crippen molar-refractivity contribution in [3.63, 3.8) is 0 Å². The molecule has 1 aromatic rings. The van der Waals surface area contributed by atoms with Crippen molar-refractivity contribution in [1.82, 2.24) is 15.1 Å². The van der Waals surface area contributed by atoms with E-state index in [1.807, 2.05) is 18.2 Å². The average Bonchev–Trinajstić information content (AvgIpc) is 2.67. The molecule has 1 amide bonds. The number of ether oxygens (including phenoxy) is 3. The average molecular weight is 363 g/mol. The highest BCUT2D eigenvalue weighted by Crippen LogP contribution is 2.28. The summed E-state index contributed by atoms with van der Waals surface area (Å²) < 4.78 is 16.5. The zero-order chi connectivity index (χ0) is 18.4. The van der Waals surface area contributed by atoms with Crippen LogP contribution in [0.1, 0.15) is 12.5 Å². The molecular formula is C19H29N3O4. The van der Waals surface area contributed by atoms with Gasteiger partial charge in [0.2, 0.25) is 0 Å². The molecule has 26 heavy (non-hydrogen) atoms. The summed E-state index contributed by atoms with van der Waals surface area (Å²) in [4.78, 5) is 16.4. The second-order valence-corrected chi connectivity index (χ2v) is 6.86. The van der Waals surface area contributed by atoms with Crippen LogP contribution in [-0.4, -0.2) is 81.4 Å². The fourth-order valence-electron chi connectivity index (χ4n) is 3.39. The maximum atomic E-state index is 12.2. The number of benzene rings is 1. The Labute approximate surface area is 155 Å². The summed E-state index contributed by atoms with van der Waals surface area (Å²) in [6.07, 6.45) is 0. The quantitative estimate of drug-likeness (QED) is 0.804. The number of nitrogens with zero attached hydrogens (tertiary/aromatic N) is 2. The van der Waals surface area contributed by atoms with Gasteiger partial charge >= 0.3 is 0 Å². The largest absolute Gasteiger partial charge is 0.493 e. The molecular weight excluding hydrogens is 334 g/mol. The molecule has 2 fully saturated rings. The lowest BCUT2D eigenvalue weighted by molar-refractivity contribution is -0.137. The molecule has 0 bridgehead atoms. The van der Waals surface area contributed by atoms with Crippen LogP contribution in [0, 0.1) is 0 Å². The number of morpholine rings is 1. The summed E-state index contributed by atoms with van der Waals surface area (Å²) in [5.41, 5.74) is 1.18. The molecule has 144 valence electrons. The van der Waals surface area contributed by atoms with Gasteiger partial charge in [-0.05, 0) is 24.6 Å². The number of piperazine rings is 1. The number of nitrogens with one attached hydrogen (secondary N) is 1. The summed E-state index contributed by atoms with van der Waals surface area (Å²) in [5.74, 6) is 1.25. The van der Waals surface area contributed by atoms with Crippen LogP contribution in [-0.2, 0) is 16.1 Å². The molecule has 1 atom stereocenters. The molecule has 2 aliphatic rings. The molecule has 1 N–H and O–H groups in total. The Morgan fingerprint density at radius 3 is 2.81 bits per heavy atom. The van der Waals surface area contributed by atoms with E-state index in [1.165, 1.54) is 5.56 Å². The van der Waals surface area contributed by atoms with E-state index < -0.39 is 0 Å². The van der Waals surface area contributed by atoms with Crippen LogP contribution in [0.15, 0.2) is 18.2 Å². The van der Waals surface area contributed by atoms with Crippen molar-refractivity contribution in [3.05, 3.63) is 23.8 Å². The van der Waals surface area contributed by atoms with Crippen LogP contribution in [0.3, 0.4) is 0 Å². The second kappa shape index (κ2) is 9.21. The fraction of sp³-hybridized carbons (Fsp3) is 0.632. The van der Waals surface area contributed by atoms with Crippen molar-refractivity contribution in [2.45, 2.75) is 19.5 Å². The molecule has 2 heterocycles. The van der Waals surface area contributed by atoms with E-state index in [1.54, 1.807) is 12.0 Å². The molecule has 7 nitrogen and oxygen atoms in total. The molecule has 0 aromatic heterocycles. The van der Waals surface area contributed by atoms with Gasteiger partial charge in [-0.15, -0.1) is 0 Å². The minimum absolute atomic E-state index is 0.0189. The summed E-state index contributed by atoms with van der Waals surface area (Å²) in [6, 6.07) is 6.46. The smallest absolute Gasteiger partial charge is 0.260 e. The van der Waals surface area contributed by atoms with Gasteiger partial charge in [-0.25, -0.2) is 0 Å². The van der Waals surface area contributed by atoms with E-state index in [0.29, 0.717) is 43.8 Å². The molecule has 2 aliphatic heterocycles. The summed E-state index contributed by atoms with van der Waals surface area (Å²) in [5, 5.41) is 3.45. The monoisotopic (exact) mass is 363 g/mol. The third-order valence-corrected chi connectivity index (χ3v) is 4.80. The number of methoxy groups -OCH3 is 1. The van der Waals surface area contributed by atoms with Crippen molar-refractivity contribution in [3.8, 4) is 11.5 Å². The van der Waals surface area contributed by atoms with Gasteiger partial charge in [0.1, 0.15) is 0 Å². The minimum Gasteiger partial charge on any atom is -0.493 e. The lowest BCUT2D eigenvalue weighted by Gasteiger charge is -2.31. The van der Waals surface area contributed by atoms with Gasteiger partial charge in [-0.1, -0.05) is 6.07 Å². The Hall–Kier alpha value is -1.83. The van der Waals surface area contributed by atoms with Crippen LogP contribution in [0.2, 0.25) is 0 Å². The number of carbonyl (C=O) groups excluding carboxylic acids is 1. The molecule has 0 saturated carbocycles. The SMILES string of the molecule is COc1cc(CN2CCNC(C)C2)ccc1OCC(=O)N1CCOCC1. The topological polar surface area (TPSA) is 63.3 Å². The van der Waals surface area contributed by atoms with Gasteiger partial charge in [0.25, 0.3) is 5.91 Å². The van der Waals surface area contributed by atoms with Crippen molar-refractivity contribution in [2.75, 3.05) is 59.7 Å². The lowest BCUT2D eigenvalue weighted by atomic mass is 10.1. The van der Waals surface area contributed by atoms with Gasteiger partial charge in [0, 0.05) is 45.3 Å². The third kappa shape index (κ3) is 5.09. The Bertz CT molecular complexity index is 604. The van der Waals surface area contributed by atoms with Crippen LogP contribution in [0.4, 0.5) is 0 Å². The van der Waals surface area contributed by atoms with Gasteiger partial charge in [0.05, 0.1) is 20.3 Å². The zero-order valence-electron chi connectivity index (χ0n) is 15.7. The van der Waals surface area contributed by atoms with Gasteiger partial charge < -0.3 is 24.4 Å². The minimum atomic E-state index is -0.0192. The molecule has 2 saturated heterocycles. The highest BCUT2D eigenvalue weighted by atomic mass is 16.5. The second-order valence-electron chi connectivity index (χ2n) is 6.86. The number of amides is 1. The first-order valence-corrected chi connectivity index (χ1v) is 9.26. The number of hydrogen-bond acceptors (Lipinski definition) is 6. The van der Waals surface area contributed by atoms with E-state index in [-0.39, 0.29) is 12.5 Å². The maximum absolute atomic E-state index is 12.2. The van der Waals surface area contributed by atoms with E-state index in [0.717, 1.165) is 26.2 Å². The van der Waals surface area contributed by atoms with Crippen LogP contribution < -0.4 is 14.8 Å². The van der Waals surface area contributed by atoms with Crippen LogP contribution in [0.5, 0.6) is 11.5 Å². The first-order chi connectivity index (χ1) is 12.7. The Kier molecular flexibility index (Phi) is 6.71. The maximum Gasteiger partial charge on any atom is 0.260 e. The molecule has 1 unspecified atom stereocenters. The summed E-state index contributed by atoms with van der Waals surface area (Å²) in [7, 11) is 1.63. The van der Waals surface area contributed by atoms with Gasteiger partial charge in [0.15, 0.2) is 18.1 Å². The zero-order valence-corrected chi connectivity index (χ0v) is 15.7. The Morgan fingerprint density at radius 2 is 2.08 bits per heavy atom.